The van der Waals surface area contributed by atoms with E-state index in [-0.39, 0.29) is 30.6 Å². The van der Waals surface area contributed by atoms with E-state index in [0.717, 1.165) is 25.7 Å². The van der Waals surface area contributed by atoms with Crippen LogP contribution in [0.5, 0.6) is 0 Å². The zero-order valence-corrected chi connectivity index (χ0v) is 13.5. The number of amides is 1. The number of hydrogen-bond acceptors (Lipinski definition) is 4. The molecule has 2 rings (SSSR count). The Morgan fingerprint density at radius 3 is 2.14 bits per heavy atom. The average molecular weight is 311 g/mol. The largest absolute Gasteiger partial charge is 0.481 e. The number of rotatable bonds is 3. The topological polar surface area (TPSA) is 92.7 Å². The Morgan fingerprint density at radius 2 is 1.73 bits per heavy atom. The lowest BCUT2D eigenvalue weighted by atomic mass is 9.56. The fraction of sp³-hybridized carbons (Fsp3) is 0.812. The normalized spacial score (nSPS) is 27.7. The first-order valence-electron chi connectivity index (χ1n) is 7.87. The third-order valence-corrected chi connectivity index (χ3v) is 4.68. The molecule has 0 aromatic carbocycles. The van der Waals surface area contributed by atoms with E-state index in [2.05, 4.69) is 5.32 Å². The third-order valence-electron chi connectivity index (χ3n) is 4.68. The van der Waals surface area contributed by atoms with Gasteiger partial charge >= 0.3 is 12.1 Å². The summed E-state index contributed by atoms with van der Waals surface area (Å²) in [5.74, 6) is -0.786. The van der Waals surface area contributed by atoms with Gasteiger partial charge in [0.15, 0.2) is 0 Å². The number of Topliss-reactive ketones (excluding diaryl/α,β-unsaturated/α-hetero) is 1. The highest BCUT2D eigenvalue weighted by Gasteiger charge is 2.55. The van der Waals surface area contributed by atoms with Gasteiger partial charge in [-0.15, -0.1) is 0 Å². The fourth-order valence-electron chi connectivity index (χ4n) is 3.53. The molecule has 2 aliphatic carbocycles. The van der Waals surface area contributed by atoms with Crippen molar-refractivity contribution in [3.63, 3.8) is 0 Å². The van der Waals surface area contributed by atoms with E-state index in [0.29, 0.717) is 0 Å². The van der Waals surface area contributed by atoms with Crippen molar-refractivity contribution in [2.75, 3.05) is 0 Å². The maximum Gasteiger partial charge on any atom is 0.407 e. The zero-order valence-electron chi connectivity index (χ0n) is 13.5. The second-order valence-corrected chi connectivity index (χ2v) is 7.55. The molecule has 6 nitrogen and oxygen atoms in total. The SMILES string of the molecule is CC(C)(C)OC(=O)NC1CCC(C2(C(=O)O)CC(=O)C2)CC1. The predicted octanol–water partition coefficient (Wildman–Crippen LogP) is 2.50. The number of carboxylic acid groups (broad SMARTS) is 1. The van der Waals surface area contributed by atoms with Crippen LogP contribution in [0.3, 0.4) is 0 Å². The minimum absolute atomic E-state index is 0.0210. The molecule has 2 N–H and O–H groups in total. The van der Waals surface area contributed by atoms with E-state index in [4.69, 9.17) is 4.74 Å². The van der Waals surface area contributed by atoms with Gasteiger partial charge in [0.2, 0.25) is 0 Å². The first kappa shape index (κ1) is 16.8. The van der Waals surface area contributed by atoms with Gasteiger partial charge in [-0.3, -0.25) is 9.59 Å². The summed E-state index contributed by atoms with van der Waals surface area (Å²) in [6.07, 6.45) is 2.80. The summed E-state index contributed by atoms with van der Waals surface area (Å²) in [5, 5.41) is 12.3. The molecule has 0 heterocycles. The molecule has 0 atom stereocenters. The molecule has 0 radical (unpaired) electrons. The number of nitrogens with one attached hydrogen (secondary N) is 1. The molecule has 1 amide bonds. The maximum absolute atomic E-state index is 11.8. The first-order chi connectivity index (χ1) is 10.1. The second kappa shape index (κ2) is 5.89. The molecular weight excluding hydrogens is 286 g/mol. The van der Waals surface area contributed by atoms with Gasteiger partial charge in [0.05, 0.1) is 5.41 Å². The van der Waals surface area contributed by atoms with Crippen LogP contribution in [0.2, 0.25) is 0 Å². The molecular formula is C16H25NO5. The molecule has 0 aromatic heterocycles. The van der Waals surface area contributed by atoms with Gasteiger partial charge in [-0.2, -0.15) is 0 Å². The summed E-state index contributed by atoms with van der Waals surface area (Å²) < 4.78 is 5.23. The van der Waals surface area contributed by atoms with Gasteiger partial charge in [-0.25, -0.2) is 4.79 Å². The van der Waals surface area contributed by atoms with Crippen LogP contribution in [0.4, 0.5) is 4.79 Å². The van der Waals surface area contributed by atoms with Crippen LogP contribution in [0.15, 0.2) is 0 Å². The number of ketones is 1. The molecule has 2 aliphatic rings. The van der Waals surface area contributed by atoms with Gasteiger partial charge in [-0.05, 0) is 52.4 Å². The van der Waals surface area contributed by atoms with Crippen molar-refractivity contribution in [1.29, 1.82) is 0 Å². The summed E-state index contributed by atoms with van der Waals surface area (Å²) in [5.41, 5.74) is -1.38. The van der Waals surface area contributed by atoms with Gasteiger partial charge in [0.1, 0.15) is 11.4 Å². The van der Waals surface area contributed by atoms with Crippen LogP contribution in [0, 0.1) is 11.3 Å². The van der Waals surface area contributed by atoms with E-state index in [1.807, 2.05) is 20.8 Å². The number of hydrogen-bond donors (Lipinski definition) is 2. The lowest BCUT2D eigenvalue weighted by Crippen LogP contribution is -2.52. The summed E-state index contributed by atoms with van der Waals surface area (Å²) in [6.45, 7) is 5.44. The van der Waals surface area contributed by atoms with Gasteiger partial charge in [-0.1, -0.05) is 0 Å². The minimum atomic E-state index is -0.853. The molecule has 2 fully saturated rings. The predicted molar refractivity (Wildman–Crippen MR) is 79.4 cm³/mol. The van der Waals surface area contributed by atoms with Crippen molar-refractivity contribution in [3.8, 4) is 0 Å². The smallest absolute Gasteiger partial charge is 0.407 e. The number of carbonyl (C=O) groups excluding carboxylic acids is 2. The van der Waals surface area contributed by atoms with E-state index in [1.165, 1.54) is 0 Å². The Kier molecular flexibility index (Phi) is 4.49. The lowest BCUT2D eigenvalue weighted by molar-refractivity contribution is -0.167. The van der Waals surface area contributed by atoms with Gasteiger partial charge < -0.3 is 15.2 Å². The number of alkyl carbamates (subject to hydrolysis) is 1. The molecule has 124 valence electrons. The summed E-state index contributed by atoms with van der Waals surface area (Å²) in [6, 6.07) is 0.0210. The van der Waals surface area contributed by atoms with Crippen LogP contribution in [-0.4, -0.2) is 34.6 Å². The standard InChI is InChI=1S/C16H25NO5/c1-15(2,3)22-14(21)17-11-6-4-10(5-7-11)16(13(19)20)8-12(18)9-16/h10-11H,4-9H2,1-3H3,(H,17,21)(H,19,20). The Bertz CT molecular complexity index is 463. The second-order valence-electron chi connectivity index (χ2n) is 7.55. The van der Waals surface area contributed by atoms with Crippen LogP contribution in [-0.2, 0) is 14.3 Å². The Balaban J connectivity index is 1.84. The molecule has 0 saturated heterocycles. The highest BCUT2D eigenvalue weighted by molar-refractivity contribution is 5.97. The Morgan fingerprint density at radius 1 is 1.18 bits per heavy atom. The quantitative estimate of drug-likeness (QED) is 0.835. The van der Waals surface area contributed by atoms with E-state index >= 15 is 0 Å². The molecule has 0 bridgehead atoms. The van der Waals surface area contributed by atoms with Crippen molar-refractivity contribution >= 4 is 17.8 Å². The van der Waals surface area contributed by atoms with Crippen LogP contribution >= 0.6 is 0 Å². The number of carbonyl (C=O) groups is 3. The van der Waals surface area contributed by atoms with Gasteiger partial charge in [0.25, 0.3) is 0 Å². The number of carboxylic acids is 1. The summed E-state index contributed by atoms with van der Waals surface area (Å²) in [7, 11) is 0. The van der Waals surface area contributed by atoms with E-state index < -0.39 is 23.1 Å². The molecule has 0 unspecified atom stereocenters. The molecule has 22 heavy (non-hydrogen) atoms. The van der Waals surface area contributed by atoms with Crippen LogP contribution < -0.4 is 5.32 Å². The van der Waals surface area contributed by atoms with Crippen molar-refractivity contribution in [3.05, 3.63) is 0 Å². The van der Waals surface area contributed by atoms with Crippen molar-refractivity contribution in [2.45, 2.75) is 70.9 Å². The van der Waals surface area contributed by atoms with Gasteiger partial charge in [0, 0.05) is 18.9 Å². The fourth-order valence-corrected chi connectivity index (χ4v) is 3.53. The molecule has 0 aliphatic heterocycles. The number of ether oxygens (including phenoxy) is 1. The minimum Gasteiger partial charge on any atom is -0.481 e. The number of aliphatic carboxylic acids is 1. The van der Waals surface area contributed by atoms with E-state index in [1.54, 1.807) is 0 Å². The Hall–Kier alpha value is -1.59. The van der Waals surface area contributed by atoms with E-state index in [9.17, 15) is 19.5 Å². The highest BCUT2D eigenvalue weighted by Crippen LogP contribution is 2.50. The molecule has 2 saturated carbocycles. The third kappa shape index (κ3) is 3.59. The molecule has 6 heteroatoms. The molecule has 0 spiro atoms. The Labute approximate surface area is 130 Å². The van der Waals surface area contributed by atoms with Crippen LogP contribution in [0.25, 0.3) is 0 Å². The first-order valence-corrected chi connectivity index (χ1v) is 7.87. The van der Waals surface area contributed by atoms with Crippen molar-refractivity contribution < 1.29 is 24.2 Å². The molecule has 0 aromatic rings. The lowest BCUT2D eigenvalue weighted by Gasteiger charge is -2.45. The zero-order chi connectivity index (χ0) is 16.5. The van der Waals surface area contributed by atoms with Crippen LogP contribution in [0.1, 0.15) is 59.3 Å². The summed E-state index contributed by atoms with van der Waals surface area (Å²) in [4.78, 5) is 34.5. The van der Waals surface area contributed by atoms with Crippen molar-refractivity contribution in [1.82, 2.24) is 5.32 Å². The monoisotopic (exact) mass is 311 g/mol. The van der Waals surface area contributed by atoms with Crippen molar-refractivity contribution in [2.24, 2.45) is 11.3 Å². The summed E-state index contributed by atoms with van der Waals surface area (Å²) >= 11 is 0. The average Bonchev–Trinajstić information content (AvgIpc) is 2.33. The maximum atomic E-state index is 11.8. The highest BCUT2D eigenvalue weighted by atomic mass is 16.6.